The number of nitro benzene ring substituents is 1. The number of hydrogen-bond donors (Lipinski definition) is 0. The maximum atomic E-state index is 10.8. The molecule has 0 aliphatic rings. The average Bonchev–Trinajstić information content (AvgIpc) is 3.48. The number of fused-ring (bicyclic) bond motifs is 5. The van der Waals surface area contributed by atoms with Crippen LogP contribution >= 0.6 is 11.8 Å². The molecule has 3 aromatic carbocycles. The number of hydrogen-bond acceptors (Lipinski definition) is 8. The summed E-state index contributed by atoms with van der Waals surface area (Å²) in [6.45, 7) is 0. The highest BCUT2D eigenvalue weighted by Crippen LogP contribution is 2.31. The van der Waals surface area contributed by atoms with Gasteiger partial charge in [0.15, 0.2) is 5.16 Å². The molecule has 0 fully saturated rings. The van der Waals surface area contributed by atoms with Crippen LogP contribution in [-0.2, 0) is 5.75 Å². The quantitative estimate of drug-likeness (QED) is 0.150. The Hall–Kier alpha value is -4.31. The van der Waals surface area contributed by atoms with Gasteiger partial charge in [-0.25, -0.2) is 9.97 Å². The third kappa shape index (κ3) is 3.37. The zero-order chi connectivity index (χ0) is 22.4. The van der Waals surface area contributed by atoms with E-state index in [-0.39, 0.29) is 5.69 Å². The van der Waals surface area contributed by atoms with Gasteiger partial charge in [-0.2, -0.15) is 0 Å². The normalized spacial score (nSPS) is 11.5. The number of nitro groups is 1. The Morgan fingerprint density at radius 1 is 0.909 bits per heavy atom. The number of benzene rings is 3. The lowest BCUT2D eigenvalue weighted by Gasteiger charge is -2.07. The Morgan fingerprint density at radius 3 is 2.48 bits per heavy atom. The van der Waals surface area contributed by atoms with Gasteiger partial charge in [-0.3, -0.25) is 14.5 Å². The van der Waals surface area contributed by atoms with E-state index in [9.17, 15) is 10.1 Å². The minimum atomic E-state index is -0.448. The van der Waals surface area contributed by atoms with Crippen LogP contribution in [-0.4, -0.2) is 29.5 Å². The number of aromatic nitrogens is 5. The first-order valence-electron chi connectivity index (χ1n) is 10.0. The van der Waals surface area contributed by atoms with E-state index in [1.54, 1.807) is 12.1 Å². The van der Waals surface area contributed by atoms with Crippen molar-refractivity contribution < 1.29 is 9.34 Å². The zero-order valence-electron chi connectivity index (χ0n) is 17.0. The third-order valence-electron chi connectivity index (χ3n) is 5.23. The van der Waals surface area contributed by atoms with E-state index in [0.717, 1.165) is 32.7 Å². The van der Waals surface area contributed by atoms with Crippen molar-refractivity contribution in [2.24, 2.45) is 0 Å². The van der Waals surface area contributed by atoms with Crippen molar-refractivity contribution in [3.8, 4) is 11.5 Å². The van der Waals surface area contributed by atoms with Crippen LogP contribution in [0.4, 0.5) is 5.69 Å². The van der Waals surface area contributed by atoms with E-state index in [1.165, 1.54) is 23.9 Å². The van der Waals surface area contributed by atoms with E-state index in [4.69, 9.17) is 14.4 Å². The molecule has 0 aliphatic carbocycles. The Labute approximate surface area is 190 Å². The molecule has 0 amide bonds. The van der Waals surface area contributed by atoms with Gasteiger partial charge in [0.2, 0.25) is 11.8 Å². The molecule has 0 bridgehead atoms. The summed E-state index contributed by atoms with van der Waals surface area (Å²) in [6.07, 6.45) is 0. The maximum absolute atomic E-state index is 10.8. The van der Waals surface area contributed by atoms with Gasteiger partial charge >= 0.3 is 0 Å². The molecule has 0 aliphatic heterocycles. The molecule has 3 heterocycles. The first-order valence-corrected chi connectivity index (χ1v) is 11.0. The van der Waals surface area contributed by atoms with Gasteiger partial charge in [-0.05, 0) is 36.4 Å². The highest BCUT2D eigenvalue weighted by molar-refractivity contribution is 7.98. The summed E-state index contributed by atoms with van der Waals surface area (Å²) in [6, 6.07) is 21.9. The van der Waals surface area contributed by atoms with Crippen molar-refractivity contribution >= 4 is 45.0 Å². The lowest BCUT2D eigenvalue weighted by molar-refractivity contribution is -0.384. The number of imidazole rings is 1. The average molecular weight is 454 g/mol. The van der Waals surface area contributed by atoms with Crippen LogP contribution in [0.3, 0.4) is 0 Å². The lowest BCUT2D eigenvalue weighted by atomic mass is 10.2. The molecule has 0 saturated carbocycles. The predicted octanol–water partition coefficient (Wildman–Crippen LogP) is 5.29. The van der Waals surface area contributed by atoms with Crippen LogP contribution in [0.25, 0.3) is 39.0 Å². The minimum absolute atomic E-state index is 0.00741. The van der Waals surface area contributed by atoms with Gasteiger partial charge in [-0.1, -0.05) is 36.0 Å². The van der Waals surface area contributed by atoms with Crippen LogP contribution in [0.1, 0.15) is 5.89 Å². The number of non-ortho nitro benzene ring substituents is 1. The summed E-state index contributed by atoms with van der Waals surface area (Å²) < 4.78 is 7.85. The number of para-hydroxylation sites is 3. The van der Waals surface area contributed by atoms with E-state index >= 15 is 0 Å². The number of thioether (sulfide) groups is 1. The largest absolute Gasteiger partial charge is 0.420 e. The molecule has 6 aromatic rings. The van der Waals surface area contributed by atoms with Crippen molar-refractivity contribution in [1.82, 2.24) is 24.6 Å². The maximum Gasteiger partial charge on any atom is 0.269 e. The van der Waals surface area contributed by atoms with Crippen molar-refractivity contribution in [3.63, 3.8) is 0 Å². The second-order valence-corrected chi connectivity index (χ2v) is 8.21. The molecule has 9 nitrogen and oxygen atoms in total. The third-order valence-corrected chi connectivity index (χ3v) is 6.15. The SMILES string of the molecule is O=[N+]([O-])c1ccc(-c2nnc(CSc3nc4ccccc4c4nc5ccccc5n34)o2)cc1. The van der Waals surface area contributed by atoms with E-state index < -0.39 is 4.92 Å². The molecule has 33 heavy (non-hydrogen) atoms. The molecule has 0 unspecified atom stereocenters. The van der Waals surface area contributed by atoms with E-state index in [1.807, 2.05) is 48.5 Å². The molecular weight excluding hydrogens is 440 g/mol. The van der Waals surface area contributed by atoms with Crippen LogP contribution < -0.4 is 0 Å². The monoisotopic (exact) mass is 454 g/mol. The standard InChI is InChI=1S/C23H14N6O3S/c30-29(31)15-11-9-14(10-12-15)22-27-26-20(32-22)13-33-23-25-17-6-2-1-5-16(17)21-24-18-7-3-4-8-19(18)28(21)23/h1-12H,13H2. The Bertz CT molecular complexity index is 1660. The molecule has 0 N–H and O–H groups in total. The smallest absolute Gasteiger partial charge is 0.269 e. The Balaban J connectivity index is 1.35. The molecule has 3 aromatic heterocycles. The van der Waals surface area contributed by atoms with Crippen LogP contribution in [0.5, 0.6) is 0 Å². The molecule has 0 atom stereocenters. The number of rotatable bonds is 5. The summed E-state index contributed by atoms with van der Waals surface area (Å²) >= 11 is 1.48. The highest BCUT2D eigenvalue weighted by Gasteiger charge is 2.16. The van der Waals surface area contributed by atoms with Gasteiger partial charge in [0, 0.05) is 23.1 Å². The van der Waals surface area contributed by atoms with Crippen molar-refractivity contribution in [3.05, 3.63) is 88.8 Å². The lowest BCUT2D eigenvalue weighted by Crippen LogP contribution is -1.97. The van der Waals surface area contributed by atoms with Crippen LogP contribution in [0.15, 0.2) is 82.4 Å². The topological polar surface area (TPSA) is 112 Å². The molecule has 10 heteroatoms. The van der Waals surface area contributed by atoms with Crippen molar-refractivity contribution in [2.75, 3.05) is 0 Å². The van der Waals surface area contributed by atoms with Crippen LogP contribution in [0, 0.1) is 10.1 Å². The molecule has 0 spiro atoms. The highest BCUT2D eigenvalue weighted by atomic mass is 32.2. The summed E-state index contributed by atoms with van der Waals surface area (Å²) in [7, 11) is 0. The molecule has 0 saturated heterocycles. The van der Waals surface area contributed by atoms with Gasteiger partial charge in [0.05, 0.1) is 27.2 Å². The molecular formula is C23H14N6O3S. The minimum Gasteiger partial charge on any atom is -0.420 e. The summed E-state index contributed by atoms with van der Waals surface area (Å²) in [5, 5.41) is 20.8. The number of nitrogens with zero attached hydrogens (tertiary/aromatic N) is 6. The van der Waals surface area contributed by atoms with E-state index in [0.29, 0.717) is 23.1 Å². The predicted molar refractivity (Wildman–Crippen MR) is 124 cm³/mol. The van der Waals surface area contributed by atoms with Gasteiger partial charge in [-0.15, -0.1) is 10.2 Å². The van der Waals surface area contributed by atoms with Gasteiger partial charge in [0.25, 0.3) is 5.69 Å². The van der Waals surface area contributed by atoms with Crippen molar-refractivity contribution in [1.29, 1.82) is 0 Å². The molecule has 160 valence electrons. The molecule has 6 rings (SSSR count). The van der Waals surface area contributed by atoms with E-state index in [2.05, 4.69) is 14.6 Å². The fourth-order valence-electron chi connectivity index (χ4n) is 3.69. The first kappa shape index (κ1) is 19.4. The summed E-state index contributed by atoms with van der Waals surface area (Å²) in [5.41, 5.74) is 4.21. The zero-order valence-corrected chi connectivity index (χ0v) is 17.8. The Kier molecular flexibility index (Phi) is 4.51. The van der Waals surface area contributed by atoms with Crippen molar-refractivity contribution in [2.45, 2.75) is 10.9 Å². The molecule has 0 radical (unpaired) electrons. The first-order chi connectivity index (χ1) is 16.2. The van der Waals surface area contributed by atoms with Gasteiger partial charge in [0.1, 0.15) is 5.65 Å². The fourth-order valence-corrected chi connectivity index (χ4v) is 4.54. The van der Waals surface area contributed by atoms with Gasteiger partial charge < -0.3 is 4.42 Å². The second-order valence-electron chi connectivity index (χ2n) is 7.26. The fraction of sp³-hybridized carbons (Fsp3) is 0.0435. The second kappa shape index (κ2) is 7.68. The summed E-state index contributed by atoms with van der Waals surface area (Å²) in [5.74, 6) is 1.15. The van der Waals surface area contributed by atoms with Crippen LogP contribution in [0.2, 0.25) is 0 Å². The Morgan fingerprint density at radius 2 is 1.67 bits per heavy atom. The summed E-state index contributed by atoms with van der Waals surface area (Å²) in [4.78, 5) is 20.1.